The Balaban J connectivity index is 1.88. The van der Waals surface area contributed by atoms with Crippen molar-refractivity contribution in [2.45, 2.75) is 19.3 Å². The van der Waals surface area contributed by atoms with Crippen LogP contribution in [0.2, 0.25) is 0 Å². The van der Waals surface area contributed by atoms with Crippen LogP contribution in [-0.4, -0.2) is 26.9 Å². The molecule has 10 heteroatoms. The molecule has 0 atom stereocenters. The van der Waals surface area contributed by atoms with Gasteiger partial charge in [-0.3, -0.25) is 4.68 Å². The van der Waals surface area contributed by atoms with E-state index in [1.165, 1.54) is 37.5 Å². The van der Waals surface area contributed by atoms with Crippen LogP contribution in [-0.2, 0) is 26.3 Å². The molecule has 0 spiro atoms. The minimum Gasteiger partial charge on any atom is -0.478 e. The molecule has 0 fully saturated rings. The fraction of sp³-hybridized carbons (Fsp3) is 0.267. The van der Waals surface area contributed by atoms with Crippen LogP contribution in [0.5, 0.6) is 0 Å². The molecule has 0 unspecified atom stereocenters. The number of carboxylic acid groups (broad SMARTS) is 1. The molecule has 0 bridgehead atoms. The number of carbonyl (C=O) groups excluding carboxylic acids is 1. The summed E-state index contributed by atoms with van der Waals surface area (Å²) in [5.74, 6) is -1.06. The third-order valence-electron chi connectivity index (χ3n) is 3.27. The van der Waals surface area contributed by atoms with Crippen molar-refractivity contribution in [3.63, 3.8) is 0 Å². The highest BCUT2D eigenvalue weighted by Gasteiger charge is 2.36. The van der Waals surface area contributed by atoms with Gasteiger partial charge >= 0.3 is 18.2 Å². The number of halogens is 3. The summed E-state index contributed by atoms with van der Waals surface area (Å²) >= 11 is 0. The van der Waals surface area contributed by atoms with Crippen molar-refractivity contribution in [3.05, 3.63) is 52.8 Å². The normalized spacial score (nSPS) is 11.2. The Morgan fingerprint density at radius 3 is 2.32 bits per heavy atom. The van der Waals surface area contributed by atoms with Crippen molar-refractivity contribution >= 4 is 12.0 Å². The van der Waals surface area contributed by atoms with Gasteiger partial charge in [0.05, 0.1) is 5.56 Å². The van der Waals surface area contributed by atoms with Crippen molar-refractivity contribution in [2.75, 3.05) is 0 Å². The van der Waals surface area contributed by atoms with E-state index in [-0.39, 0.29) is 24.2 Å². The Morgan fingerprint density at radius 1 is 1.16 bits per heavy atom. The third kappa shape index (κ3) is 4.96. The number of benzene rings is 1. The molecule has 25 heavy (non-hydrogen) atoms. The molecular formula is C15H15F3N4O3. The van der Waals surface area contributed by atoms with Crippen molar-refractivity contribution in [1.29, 1.82) is 0 Å². The number of urea groups is 1. The monoisotopic (exact) mass is 356 g/mol. The molecule has 0 saturated heterocycles. The number of rotatable bonds is 5. The lowest BCUT2D eigenvalue weighted by Crippen LogP contribution is -2.34. The zero-order chi connectivity index (χ0) is 18.6. The topological polar surface area (TPSA) is 96.2 Å². The number of hydrogen-bond acceptors (Lipinski definition) is 3. The molecule has 0 aliphatic carbocycles. The molecular weight excluding hydrogens is 341 g/mol. The van der Waals surface area contributed by atoms with E-state index >= 15 is 0 Å². The predicted octanol–water partition coefficient (Wildman–Crippen LogP) is 2.14. The van der Waals surface area contributed by atoms with Crippen LogP contribution in [0, 0.1) is 0 Å². The van der Waals surface area contributed by atoms with E-state index in [1.807, 2.05) is 0 Å². The minimum absolute atomic E-state index is 0.102. The second kappa shape index (κ2) is 7.24. The fourth-order valence-corrected chi connectivity index (χ4v) is 2.09. The molecule has 2 rings (SSSR count). The highest BCUT2D eigenvalue weighted by atomic mass is 19.4. The maximum atomic E-state index is 12.8. The largest absolute Gasteiger partial charge is 0.478 e. The van der Waals surface area contributed by atoms with Gasteiger partial charge in [0.1, 0.15) is 0 Å². The number of aromatic carboxylic acids is 1. The lowest BCUT2D eigenvalue weighted by atomic mass is 10.1. The number of nitrogens with zero attached hydrogens (tertiary/aromatic N) is 2. The maximum absolute atomic E-state index is 12.8. The van der Waals surface area contributed by atoms with Gasteiger partial charge in [-0.1, -0.05) is 12.1 Å². The molecule has 7 nitrogen and oxygen atoms in total. The zero-order valence-electron chi connectivity index (χ0n) is 13.1. The van der Waals surface area contributed by atoms with Gasteiger partial charge < -0.3 is 15.7 Å². The first-order valence-corrected chi connectivity index (χ1v) is 7.10. The average Bonchev–Trinajstić information content (AvgIpc) is 2.92. The Morgan fingerprint density at radius 2 is 1.76 bits per heavy atom. The highest BCUT2D eigenvalue weighted by molar-refractivity contribution is 5.87. The van der Waals surface area contributed by atoms with E-state index in [4.69, 9.17) is 5.11 Å². The lowest BCUT2D eigenvalue weighted by molar-refractivity contribution is -0.142. The first-order chi connectivity index (χ1) is 11.7. The number of hydrogen-bond donors (Lipinski definition) is 3. The zero-order valence-corrected chi connectivity index (χ0v) is 13.1. The Labute approximate surface area is 140 Å². The number of nitrogens with one attached hydrogen (secondary N) is 2. The molecule has 3 N–H and O–H groups in total. The summed E-state index contributed by atoms with van der Waals surface area (Å²) in [6, 6.07) is 5.20. The van der Waals surface area contributed by atoms with E-state index in [2.05, 4.69) is 15.7 Å². The first-order valence-electron chi connectivity index (χ1n) is 7.10. The van der Waals surface area contributed by atoms with Crippen LogP contribution in [0.4, 0.5) is 18.0 Å². The molecule has 2 amide bonds. The van der Waals surface area contributed by atoms with Gasteiger partial charge in [-0.2, -0.15) is 18.3 Å². The number of amides is 2. The van der Waals surface area contributed by atoms with E-state index < -0.39 is 23.9 Å². The van der Waals surface area contributed by atoms with E-state index in [0.717, 1.165) is 4.68 Å². The van der Waals surface area contributed by atoms with Crippen LogP contribution in [0.3, 0.4) is 0 Å². The third-order valence-corrected chi connectivity index (χ3v) is 3.27. The smallest absolute Gasteiger partial charge is 0.435 e. The van der Waals surface area contributed by atoms with Gasteiger partial charge in [0, 0.05) is 31.9 Å². The van der Waals surface area contributed by atoms with Crippen LogP contribution < -0.4 is 10.6 Å². The predicted molar refractivity (Wildman–Crippen MR) is 80.7 cm³/mol. The van der Waals surface area contributed by atoms with Gasteiger partial charge in [0.25, 0.3) is 0 Å². The summed E-state index contributed by atoms with van der Waals surface area (Å²) in [5.41, 5.74) is -0.419. The lowest BCUT2D eigenvalue weighted by Gasteiger charge is -2.09. The van der Waals surface area contributed by atoms with Crippen molar-refractivity contribution in [1.82, 2.24) is 20.4 Å². The quantitative estimate of drug-likeness (QED) is 0.765. The van der Waals surface area contributed by atoms with Crippen LogP contribution >= 0.6 is 0 Å². The molecule has 0 saturated carbocycles. The molecule has 134 valence electrons. The summed E-state index contributed by atoms with van der Waals surface area (Å²) in [6.45, 7) is -0.225. The minimum atomic E-state index is -4.60. The number of carboxylic acids is 1. The molecule has 2 aromatic rings. The van der Waals surface area contributed by atoms with E-state index in [1.54, 1.807) is 0 Å². The molecule has 1 heterocycles. The fourth-order valence-electron chi connectivity index (χ4n) is 2.09. The molecule has 1 aromatic heterocycles. The van der Waals surface area contributed by atoms with Crippen molar-refractivity contribution < 1.29 is 27.9 Å². The molecule has 1 aromatic carbocycles. The summed E-state index contributed by atoms with van der Waals surface area (Å²) in [4.78, 5) is 22.4. The van der Waals surface area contributed by atoms with Gasteiger partial charge in [0.2, 0.25) is 0 Å². The number of carbonyl (C=O) groups is 2. The number of aromatic nitrogens is 2. The van der Waals surface area contributed by atoms with Crippen LogP contribution in [0.15, 0.2) is 30.5 Å². The van der Waals surface area contributed by atoms with Gasteiger partial charge in [0.15, 0.2) is 5.69 Å². The standard InChI is InChI=1S/C15H15F3N4O3/c1-22-8-11(12(21-22)15(16,17)18)7-20-14(25)19-6-9-2-4-10(5-3-9)13(23)24/h2-5,8H,6-7H2,1H3,(H,23,24)(H2,19,20,25). The van der Waals surface area contributed by atoms with Gasteiger partial charge in [-0.15, -0.1) is 0 Å². The Kier molecular flexibility index (Phi) is 5.30. The number of aryl methyl sites for hydroxylation is 1. The number of alkyl halides is 3. The Bertz CT molecular complexity index is 769. The maximum Gasteiger partial charge on any atom is 0.435 e. The van der Waals surface area contributed by atoms with Crippen LogP contribution in [0.1, 0.15) is 27.2 Å². The van der Waals surface area contributed by atoms with Crippen molar-refractivity contribution in [3.8, 4) is 0 Å². The second-order valence-electron chi connectivity index (χ2n) is 5.21. The second-order valence-corrected chi connectivity index (χ2v) is 5.21. The average molecular weight is 356 g/mol. The molecule has 0 radical (unpaired) electrons. The van der Waals surface area contributed by atoms with Crippen molar-refractivity contribution in [2.24, 2.45) is 7.05 Å². The summed E-state index contributed by atoms with van der Waals surface area (Å²) in [6.07, 6.45) is -3.41. The SMILES string of the molecule is Cn1cc(CNC(=O)NCc2ccc(C(=O)O)cc2)c(C(F)(F)F)n1. The van der Waals surface area contributed by atoms with Crippen LogP contribution in [0.25, 0.3) is 0 Å². The summed E-state index contributed by atoms with van der Waals surface area (Å²) < 4.78 is 39.4. The molecule has 0 aliphatic heterocycles. The summed E-state index contributed by atoms with van der Waals surface area (Å²) in [7, 11) is 1.36. The van der Waals surface area contributed by atoms with Gasteiger partial charge in [-0.05, 0) is 17.7 Å². The molecule has 0 aliphatic rings. The highest BCUT2D eigenvalue weighted by Crippen LogP contribution is 2.30. The first kappa shape index (κ1) is 18.3. The summed E-state index contributed by atoms with van der Waals surface area (Å²) in [5, 5.41) is 16.9. The van der Waals surface area contributed by atoms with E-state index in [9.17, 15) is 22.8 Å². The van der Waals surface area contributed by atoms with Gasteiger partial charge in [-0.25, -0.2) is 9.59 Å². The Hall–Kier alpha value is -3.04. The van der Waals surface area contributed by atoms with E-state index in [0.29, 0.717) is 5.56 Å².